The van der Waals surface area contributed by atoms with Gasteiger partial charge in [-0.25, -0.2) is 4.39 Å². The molecule has 0 saturated heterocycles. The molecule has 2 aromatic carbocycles. The molecule has 3 rings (SSSR count). The maximum Gasteiger partial charge on any atom is 0.246 e. The van der Waals surface area contributed by atoms with Gasteiger partial charge in [-0.05, 0) is 67.8 Å². The van der Waals surface area contributed by atoms with Crippen LogP contribution in [0.1, 0.15) is 22.3 Å². The highest BCUT2D eigenvalue weighted by molar-refractivity contribution is 5.98. The molecule has 3 aromatic rings. The first kappa shape index (κ1) is 23.7. The molecule has 1 heterocycles. The Morgan fingerprint density at radius 1 is 1.12 bits per heavy atom. The zero-order valence-corrected chi connectivity index (χ0v) is 19.1. The molecule has 0 unspecified atom stereocenters. The molecule has 0 atom stereocenters. The number of pyridine rings is 1. The molecule has 33 heavy (non-hydrogen) atoms. The number of likely N-dealkylation sites (N-methyl/N-ethyl adjacent to an activating group) is 1. The predicted molar refractivity (Wildman–Crippen MR) is 127 cm³/mol. The molecule has 0 spiro atoms. The van der Waals surface area contributed by atoms with E-state index in [0.29, 0.717) is 11.3 Å². The van der Waals surface area contributed by atoms with Crippen LogP contribution in [-0.2, 0) is 9.59 Å². The van der Waals surface area contributed by atoms with E-state index in [2.05, 4.69) is 10.3 Å². The van der Waals surface area contributed by atoms with Crippen LogP contribution in [0.2, 0.25) is 0 Å². The van der Waals surface area contributed by atoms with Crippen molar-refractivity contribution in [2.24, 2.45) is 0 Å². The van der Waals surface area contributed by atoms with Gasteiger partial charge >= 0.3 is 0 Å². The first-order valence-electron chi connectivity index (χ1n) is 10.4. The van der Waals surface area contributed by atoms with E-state index < -0.39 is 5.82 Å². The number of aryl methyl sites for hydroxylation is 3. The minimum Gasteiger partial charge on any atom is -0.453 e. The van der Waals surface area contributed by atoms with E-state index in [1.54, 1.807) is 24.4 Å². The van der Waals surface area contributed by atoms with Crippen molar-refractivity contribution in [3.8, 4) is 11.5 Å². The van der Waals surface area contributed by atoms with Crippen molar-refractivity contribution in [2.45, 2.75) is 20.8 Å². The highest BCUT2D eigenvalue weighted by Crippen LogP contribution is 2.25. The molecular weight excluding hydrogens is 421 g/mol. The number of carbonyl (C=O) groups excluding carboxylic acids is 2. The average Bonchev–Trinajstić information content (AvgIpc) is 2.77. The normalized spacial score (nSPS) is 10.8. The van der Waals surface area contributed by atoms with Gasteiger partial charge in [0.2, 0.25) is 11.8 Å². The van der Waals surface area contributed by atoms with Crippen LogP contribution in [0.15, 0.2) is 60.9 Å². The summed E-state index contributed by atoms with van der Waals surface area (Å²) < 4.78 is 19.8. The number of rotatable bonds is 7. The van der Waals surface area contributed by atoms with Gasteiger partial charge in [0.05, 0.1) is 12.7 Å². The third kappa shape index (κ3) is 6.49. The molecule has 0 radical (unpaired) electrons. The Labute approximate surface area is 192 Å². The summed E-state index contributed by atoms with van der Waals surface area (Å²) in [6, 6.07) is 11.7. The summed E-state index contributed by atoms with van der Waals surface area (Å²) in [5, 5.41) is 2.87. The number of aromatic nitrogens is 1. The van der Waals surface area contributed by atoms with Gasteiger partial charge in [-0.1, -0.05) is 23.8 Å². The smallest absolute Gasteiger partial charge is 0.246 e. The fraction of sp³-hybridized carbons (Fsp3) is 0.192. The topological polar surface area (TPSA) is 71.5 Å². The number of anilines is 1. The molecular formula is C26H26FN3O3. The van der Waals surface area contributed by atoms with E-state index in [1.165, 1.54) is 42.4 Å². The van der Waals surface area contributed by atoms with E-state index in [1.807, 2.05) is 32.9 Å². The Bertz CT molecular complexity index is 1170. The number of benzene rings is 2. The second-order valence-corrected chi connectivity index (χ2v) is 7.83. The van der Waals surface area contributed by atoms with E-state index in [0.717, 1.165) is 22.4 Å². The average molecular weight is 448 g/mol. The summed E-state index contributed by atoms with van der Waals surface area (Å²) in [7, 11) is 1.53. The molecule has 0 fully saturated rings. The highest BCUT2D eigenvalue weighted by atomic mass is 19.1. The van der Waals surface area contributed by atoms with Crippen LogP contribution in [-0.4, -0.2) is 35.3 Å². The molecule has 1 N–H and O–H groups in total. The number of carbonyl (C=O) groups is 2. The second kappa shape index (κ2) is 10.5. The molecule has 0 bridgehead atoms. The molecule has 1 aromatic heterocycles. The summed E-state index contributed by atoms with van der Waals surface area (Å²) in [6.07, 6.45) is 5.87. The molecule has 6 nitrogen and oxygen atoms in total. The SMILES string of the molecule is Cc1cc(C)c(NC(=O)CN(C)C(=O)/C=C/c2ccc(Oc3cccnc3)c(F)c2)c(C)c1. The summed E-state index contributed by atoms with van der Waals surface area (Å²) in [4.78, 5) is 30.0. The van der Waals surface area contributed by atoms with Crippen molar-refractivity contribution in [3.05, 3.63) is 89.0 Å². The zero-order chi connectivity index (χ0) is 24.0. The standard InChI is InChI=1S/C26H26FN3O3/c1-17-12-18(2)26(19(3)13-17)29-24(31)16-30(4)25(32)10-8-20-7-9-23(22(27)14-20)33-21-6-5-11-28-15-21/h5-15H,16H2,1-4H3,(H,29,31)/b10-8+. The number of amides is 2. The van der Waals surface area contributed by atoms with Crippen molar-refractivity contribution in [1.29, 1.82) is 0 Å². The van der Waals surface area contributed by atoms with Gasteiger partial charge in [-0.2, -0.15) is 0 Å². The number of hydrogen-bond donors (Lipinski definition) is 1. The van der Waals surface area contributed by atoms with E-state index >= 15 is 0 Å². The van der Waals surface area contributed by atoms with Gasteiger partial charge in [0.25, 0.3) is 0 Å². The van der Waals surface area contributed by atoms with Gasteiger partial charge in [0.1, 0.15) is 5.75 Å². The van der Waals surface area contributed by atoms with Gasteiger partial charge in [0, 0.05) is 25.0 Å². The lowest BCUT2D eigenvalue weighted by atomic mass is 10.1. The largest absolute Gasteiger partial charge is 0.453 e. The number of nitrogens with zero attached hydrogens (tertiary/aromatic N) is 2. The Hall–Kier alpha value is -4.00. The summed E-state index contributed by atoms with van der Waals surface area (Å²) >= 11 is 0. The predicted octanol–water partition coefficient (Wildman–Crippen LogP) is 5.05. The van der Waals surface area contributed by atoms with Crippen LogP contribution in [0, 0.1) is 26.6 Å². The Morgan fingerprint density at radius 2 is 1.85 bits per heavy atom. The monoisotopic (exact) mass is 447 g/mol. The van der Waals surface area contributed by atoms with Gasteiger partial charge < -0.3 is 15.0 Å². The molecule has 0 aliphatic carbocycles. The number of nitrogens with one attached hydrogen (secondary N) is 1. The van der Waals surface area contributed by atoms with E-state index in [-0.39, 0.29) is 24.1 Å². The minimum absolute atomic E-state index is 0.0574. The van der Waals surface area contributed by atoms with E-state index in [4.69, 9.17) is 4.74 Å². The summed E-state index contributed by atoms with van der Waals surface area (Å²) in [6.45, 7) is 5.75. The van der Waals surface area contributed by atoms with Crippen molar-refractivity contribution < 1.29 is 18.7 Å². The van der Waals surface area contributed by atoms with Crippen molar-refractivity contribution in [3.63, 3.8) is 0 Å². The lowest BCUT2D eigenvalue weighted by Gasteiger charge is -2.17. The molecule has 0 saturated carbocycles. The van der Waals surface area contributed by atoms with Crippen molar-refractivity contribution in [1.82, 2.24) is 9.88 Å². The van der Waals surface area contributed by atoms with Crippen LogP contribution < -0.4 is 10.1 Å². The summed E-state index contributed by atoms with van der Waals surface area (Å²) in [5.41, 5.74) is 4.29. The minimum atomic E-state index is -0.565. The highest BCUT2D eigenvalue weighted by Gasteiger charge is 2.13. The second-order valence-electron chi connectivity index (χ2n) is 7.83. The summed E-state index contributed by atoms with van der Waals surface area (Å²) in [5.74, 6) is -0.756. The fourth-order valence-corrected chi connectivity index (χ4v) is 3.38. The van der Waals surface area contributed by atoms with Gasteiger partial charge in [-0.3, -0.25) is 14.6 Å². The Balaban J connectivity index is 1.58. The number of halogens is 1. The third-order valence-corrected chi connectivity index (χ3v) is 4.93. The Kier molecular flexibility index (Phi) is 7.56. The fourth-order valence-electron chi connectivity index (χ4n) is 3.38. The number of ether oxygens (including phenoxy) is 1. The maximum absolute atomic E-state index is 14.4. The number of hydrogen-bond acceptors (Lipinski definition) is 4. The molecule has 170 valence electrons. The van der Waals surface area contributed by atoms with Crippen LogP contribution in [0.3, 0.4) is 0 Å². The lowest BCUT2D eigenvalue weighted by Crippen LogP contribution is -2.34. The zero-order valence-electron chi connectivity index (χ0n) is 19.1. The van der Waals surface area contributed by atoms with Gasteiger partial charge in [0.15, 0.2) is 11.6 Å². The molecule has 7 heteroatoms. The third-order valence-electron chi connectivity index (χ3n) is 4.93. The van der Waals surface area contributed by atoms with Crippen LogP contribution >= 0.6 is 0 Å². The maximum atomic E-state index is 14.4. The quantitative estimate of drug-likeness (QED) is 0.515. The Morgan fingerprint density at radius 3 is 2.48 bits per heavy atom. The van der Waals surface area contributed by atoms with Crippen molar-refractivity contribution >= 4 is 23.6 Å². The lowest BCUT2D eigenvalue weighted by molar-refractivity contribution is -0.129. The first-order chi connectivity index (χ1) is 15.7. The van der Waals surface area contributed by atoms with Gasteiger partial charge in [-0.15, -0.1) is 0 Å². The molecule has 0 aliphatic heterocycles. The molecule has 2 amide bonds. The molecule has 0 aliphatic rings. The van der Waals surface area contributed by atoms with E-state index in [9.17, 15) is 14.0 Å². The van der Waals surface area contributed by atoms with Crippen molar-refractivity contribution in [2.75, 3.05) is 18.9 Å². The first-order valence-corrected chi connectivity index (χ1v) is 10.4. The van der Waals surface area contributed by atoms with Crippen LogP contribution in [0.4, 0.5) is 10.1 Å². The van der Waals surface area contributed by atoms with Crippen LogP contribution in [0.5, 0.6) is 11.5 Å². The van der Waals surface area contributed by atoms with Crippen LogP contribution in [0.25, 0.3) is 6.08 Å².